The minimum atomic E-state index is -1.53. The molecule has 33 heavy (non-hydrogen) atoms. The summed E-state index contributed by atoms with van der Waals surface area (Å²) in [5.74, 6) is -2.01. The van der Waals surface area contributed by atoms with Crippen molar-refractivity contribution in [3.8, 4) is 0 Å². The topological polar surface area (TPSA) is 122 Å². The Morgan fingerprint density at radius 2 is 1.61 bits per heavy atom. The fourth-order valence-electron chi connectivity index (χ4n) is 3.96. The molecule has 2 heterocycles. The third-order valence-corrected chi connectivity index (χ3v) is 5.45. The van der Waals surface area contributed by atoms with Crippen LogP contribution in [0.2, 0.25) is 0 Å². The summed E-state index contributed by atoms with van der Waals surface area (Å²) in [5, 5.41) is 2.81. The third kappa shape index (κ3) is 3.84. The van der Waals surface area contributed by atoms with Gasteiger partial charge in [0.1, 0.15) is 0 Å². The zero-order valence-electron chi connectivity index (χ0n) is 17.8. The molecule has 9 heteroatoms. The Balaban J connectivity index is 1.83. The molecule has 2 aromatic carbocycles. The van der Waals surface area contributed by atoms with Crippen LogP contribution in [-0.4, -0.2) is 40.0 Å². The van der Waals surface area contributed by atoms with E-state index in [2.05, 4.69) is 5.32 Å². The van der Waals surface area contributed by atoms with Crippen LogP contribution in [0.1, 0.15) is 24.5 Å². The van der Waals surface area contributed by atoms with E-state index in [1.54, 1.807) is 66.7 Å². The maximum Gasteiger partial charge on any atom is 0.330 e. The number of amides is 4. The highest BCUT2D eigenvalue weighted by molar-refractivity contribution is 6.10. The summed E-state index contributed by atoms with van der Waals surface area (Å²) in [4.78, 5) is 53.0. The first kappa shape index (κ1) is 21.8. The first-order valence-electron chi connectivity index (χ1n) is 10.2. The summed E-state index contributed by atoms with van der Waals surface area (Å²) in [6.07, 6.45) is 3.32. The van der Waals surface area contributed by atoms with Gasteiger partial charge in [0.15, 0.2) is 5.54 Å². The number of carbonyl (C=O) groups excluding carboxylic acids is 4. The molecule has 0 bridgehead atoms. The molecular weight excluding hydrogens is 424 g/mol. The molecule has 0 saturated carbocycles. The van der Waals surface area contributed by atoms with Crippen molar-refractivity contribution in [3.05, 3.63) is 95.8 Å². The van der Waals surface area contributed by atoms with Crippen molar-refractivity contribution < 1.29 is 23.9 Å². The van der Waals surface area contributed by atoms with Crippen LogP contribution in [0.5, 0.6) is 0 Å². The van der Waals surface area contributed by atoms with Gasteiger partial charge in [-0.3, -0.25) is 14.4 Å². The smallest absolute Gasteiger partial charge is 0.330 e. The molecule has 1 saturated heterocycles. The van der Waals surface area contributed by atoms with Gasteiger partial charge in [-0.15, -0.1) is 0 Å². The molecule has 3 N–H and O–H groups in total. The molecule has 4 rings (SSSR count). The molecule has 2 aliphatic rings. The summed E-state index contributed by atoms with van der Waals surface area (Å²) in [5.41, 5.74) is 5.19. The quantitative estimate of drug-likeness (QED) is 0.516. The Bertz CT molecular complexity index is 1120. The molecule has 0 aliphatic carbocycles. The molecule has 0 aromatic heterocycles. The van der Waals surface area contributed by atoms with Crippen LogP contribution < -0.4 is 11.1 Å². The lowest BCUT2D eigenvalue weighted by Crippen LogP contribution is -2.52. The highest BCUT2D eigenvalue weighted by atomic mass is 16.6. The van der Waals surface area contributed by atoms with Gasteiger partial charge in [-0.1, -0.05) is 66.7 Å². The fraction of sp³-hybridized carbons (Fsp3) is 0.167. The lowest BCUT2D eigenvalue weighted by atomic mass is 9.82. The van der Waals surface area contributed by atoms with Gasteiger partial charge in [0.25, 0.3) is 12.3 Å². The van der Waals surface area contributed by atoms with Crippen molar-refractivity contribution in [1.82, 2.24) is 15.1 Å². The van der Waals surface area contributed by atoms with Crippen molar-refractivity contribution >= 4 is 23.8 Å². The number of hydrogen-bond donors (Lipinski definition) is 2. The van der Waals surface area contributed by atoms with Gasteiger partial charge >= 0.3 is 12.0 Å². The van der Waals surface area contributed by atoms with Gasteiger partial charge in [0, 0.05) is 24.9 Å². The second kappa shape index (κ2) is 8.62. The predicted molar refractivity (Wildman–Crippen MR) is 117 cm³/mol. The number of esters is 1. The molecule has 0 radical (unpaired) electrons. The van der Waals surface area contributed by atoms with Crippen LogP contribution >= 0.6 is 0 Å². The number of urea groups is 1. The fourth-order valence-corrected chi connectivity index (χ4v) is 3.96. The standard InChI is InChI=1S/C24H22N4O5/c1-16(29)33-23(27-14-8-9-17(15-27)20(25)30)28-21(31)24(26-22(28)32,18-10-4-2-5-11-18)19-12-6-3-7-13-19/h2-8,10-15,23H,9H2,1H3,(H2,25,30)(H,26,32). The van der Waals surface area contributed by atoms with Gasteiger partial charge in [0.2, 0.25) is 5.91 Å². The van der Waals surface area contributed by atoms with Crippen LogP contribution in [0.3, 0.4) is 0 Å². The average Bonchev–Trinajstić information content (AvgIpc) is 3.09. The Morgan fingerprint density at radius 1 is 1.03 bits per heavy atom. The molecule has 2 aromatic rings. The van der Waals surface area contributed by atoms with Crippen LogP contribution in [-0.2, 0) is 24.7 Å². The first-order valence-corrected chi connectivity index (χ1v) is 10.2. The van der Waals surface area contributed by atoms with Crippen molar-refractivity contribution in [2.45, 2.75) is 25.2 Å². The Labute approximate surface area is 190 Å². The number of benzene rings is 2. The maximum absolute atomic E-state index is 14.0. The molecule has 2 aliphatic heterocycles. The minimum Gasteiger partial charge on any atom is -0.422 e. The monoisotopic (exact) mass is 446 g/mol. The zero-order valence-corrected chi connectivity index (χ0v) is 17.8. The summed E-state index contributed by atoms with van der Waals surface area (Å²) in [6.45, 7) is 1.17. The summed E-state index contributed by atoms with van der Waals surface area (Å²) >= 11 is 0. The molecule has 0 spiro atoms. The van der Waals surface area contributed by atoms with E-state index in [-0.39, 0.29) is 12.0 Å². The number of ether oxygens (including phenoxy) is 1. The van der Waals surface area contributed by atoms with Gasteiger partial charge in [0.05, 0.1) is 0 Å². The maximum atomic E-state index is 14.0. The van der Waals surface area contributed by atoms with E-state index in [1.165, 1.54) is 24.2 Å². The van der Waals surface area contributed by atoms with Gasteiger partial charge in [-0.25, -0.2) is 9.69 Å². The number of allylic oxidation sites excluding steroid dienone is 1. The van der Waals surface area contributed by atoms with Crippen molar-refractivity contribution in [1.29, 1.82) is 0 Å². The van der Waals surface area contributed by atoms with Crippen molar-refractivity contribution in [2.24, 2.45) is 5.73 Å². The van der Waals surface area contributed by atoms with Gasteiger partial charge < -0.3 is 20.7 Å². The van der Waals surface area contributed by atoms with Crippen LogP contribution in [0.4, 0.5) is 4.79 Å². The van der Waals surface area contributed by atoms with E-state index in [4.69, 9.17) is 10.5 Å². The number of carbonyl (C=O) groups is 4. The second-order valence-electron chi connectivity index (χ2n) is 7.58. The molecule has 4 amide bonds. The Kier molecular flexibility index (Phi) is 5.70. The summed E-state index contributed by atoms with van der Waals surface area (Å²) in [7, 11) is 0. The molecule has 1 unspecified atom stereocenters. The number of imide groups is 1. The normalized spacial score (nSPS) is 17.9. The lowest BCUT2D eigenvalue weighted by Gasteiger charge is -2.34. The van der Waals surface area contributed by atoms with E-state index in [1.807, 2.05) is 0 Å². The number of nitrogens with two attached hydrogens (primary N) is 1. The van der Waals surface area contributed by atoms with E-state index in [0.717, 1.165) is 4.90 Å². The molecule has 168 valence electrons. The van der Waals surface area contributed by atoms with Crippen molar-refractivity contribution in [3.63, 3.8) is 0 Å². The van der Waals surface area contributed by atoms with E-state index in [9.17, 15) is 19.2 Å². The number of hydrogen-bond acceptors (Lipinski definition) is 6. The molecular formula is C24H22N4O5. The summed E-state index contributed by atoms with van der Waals surface area (Å²) in [6, 6.07) is 16.9. The van der Waals surface area contributed by atoms with E-state index in [0.29, 0.717) is 11.1 Å². The number of rotatable bonds is 6. The van der Waals surface area contributed by atoms with Crippen LogP contribution in [0, 0.1) is 0 Å². The first-order chi connectivity index (χ1) is 15.8. The van der Waals surface area contributed by atoms with Gasteiger partial charge in [-0.2, -0.15) is 0 Å². The zero-order chi connectivity index (χ0) is 23.6. The average molecular weight is 446 g/mol. The Morgan fingerprint density at radius 3 is 2.12 bits per heavy atom. The van der Waals surface area contributed by atoms with Crippen LogP contribution in [0.15, 0.2) is 84.7 Å². The highest BCUT2D eigenvalue weighted by Crippen LogP contribution is 2.37. The third-order valence-electron chi connectivity index (χ3n) is 5.45. The van der Waals surface area contributed by atoms with Crippen LogP contribution in [0.25, 0.3) is 0 Å². The minimum absolute atomic E-state index is 0.235. The number of primary amides is 1. The largest absolute Gasteiger partial charge is 0.422 e. The van der Waals surface area contributed by atoms with E-state index >= 15 is 0 Å². The molecule has 1 atom stereocenters. The molecule has 1 fully saturated rings. The van der Waals surface area contributed by atoms with Crippen molar-refractivity contribution in [2.75, 3.05) is 0 Å². The molecule has 9 nitrogen and oxygen atoms in total. The SMILES string of the molecule is CC(=O)OC(N1C=CCC(C(N)=O)=C1)N1C(=O)NC(c2ccccc2)(c2ccccc2)C1=O. The van der Waals surface area contributed by atoms with Gasteiger partial charge in [-0.05, 0) is 17.5 Å². The number of nitrogens with zero attached hydrogens (tertiary/aromatic N) is 2. The predicted octanol–water partition coefficient (Wildman–Crippen LogP) is 1.92. The Hall–Kier alpha value is -4.40. The summed E-state index contributed by atoms with van der Waals surface area (Å²) < 4.78 is 5.39. The second-order valence-corrected chi connectivity index (χ2v) is 7.58. The van der Waals surface area contributed by atoms with E-state index < -0.39 is 35.7 Å². The number of nitrogens with one attached hydrogen (secondary N) is 1. The lowest BCUT2D eigenvalue weighted by molar-refractivity contribution is -0.169. The highest BCUT2D eigenvalue weighted by Gasteiger charge is 2.57.